The van der Waals surface area contributed by atoms with Crippen LogP contribution in [-0.2, 0) is 11.2 Å². The van der Waals surface area contributed by atoms with E-state index >= 15 is 0 Å². The van der Waals surface area contributed by atoms with Crippen molar-refractivity contribution in [2.75, 3.05) is 7.11 Å². The number of rotatable bonds is 7. The van der Waals surface area contributed by atoms with Crippen LogP contribution in [0.3, 0.4) is 0 Å². The van der Waals surface area contributed by atoms with E-state index in [0.29, 0.717) is 11.1 Å². The van der Waals surface area contributed by atoms with Gasteiger partial charge in [-0.1, -0.05) is 48.5 Å². The van der Waals surface area contributed by atoms with Crippen LogP contribution in [0.4, 0.5) is 0 Å². The Kier molecular flexibility index (Phi) is 6.22. The van der Waals surface area contributed by atoms with Crippen molar-refractivity contribution in [3.63, 3.8) is 0 Å². The van der Waals surface area contributed by atoms with Gasteiger partial charge in [0.05, 0.1) is 12.7 Å². The third kappa shape index (κ3) is 4.46. The van der Waals surface area contributed by atoms with E-state index in [-0.39, 0.29) is 23.4 Å². The molecule has 1 amide bonds. The summed E-state index contributed by atoms with van der Waals surface area (Å²) in [7, 11) is 1.27. The van der Waals surface area contributed by atoms with Gasteiger partial charge >= 0.3 is 5.97 Å². The van der Waals surface area contributed by atoms with Gasteiger partial charge < -0.3 is 14.5 Å². The number of carbonyl (C=O) groups is 2. The number of ether oxygens (including phenoxy) is 1. The van der Waals surface area contributed by atoms with Gasteiger partial charge in [-0.3, -0.25) is 4.79 Å². The summed E-state index contributed by atoms with van der Waals surface area (Å²) in [6, 6.07) is 17.1. The van der Waals surface area contributed by atoms with Crippen molar-refractivity contribution in [1.29, 1.82) is 0 Å². The number of aromatic nitrogens is 1. The fourth-order valence-corrected chi connectivity index (χ4v) is 2.96. The number of hydrogen-bond acceptors (Lipinski definition) is 5. The van der Waals surface area contributed by atoms with Crippen LogP contribution in [0, 0.1) is 0 Å². The predicted molar refractivity (Wildman–Crippen MR) is 105 cm³/mol. The number of esters is 1. The van der Waals surface area contributed by atoms with Crippen molar-refractivity contribution < 1.29 is 18.7 Å². The van der Waals surface area contributed by atoms with Crippen LogP contribution < -0.4 is 5.32 Å². The molecular weight excluding hydrogens is 356 g/mol. The number of benzene rings is 2. The van der Waals surface area contributed by atoms with E-state index in [9.17, 15) is 9.59 Å². The molecule has 0 aliphatic carbocycles. The highest BCUT2D eigenvalue weighted by Crippen LogP contribution is 2.27. The Hall–Kier alpha value is -3.41. The number of methoxy groups -OCH3 is 1. The van der Waals surface area contributed by atoms with E-state index in [2.05, 4.69) is 22.4 Å². The lowest BCUT2D eigenvalue weighted by Crippen LogP contribution is -2.33. The first kappa shape index (κ1) is 19.4. The first-order chi connectivity index (χ1) is 13.6. The quantitative estimate of drug-likeness (QED) is 0.631. The molecule has 1 aromatic heterocycles. The maximum atomic E-state index is 12.8. The minimum Gasteiger partial charge on any atom is -0.464 e. The molecule has 0 unspecified atom stereocenters. The largest absolute Gasteiger partial charge is 0.464 e. The summed E-state index contributed by atoms with van der Waals surface area (Å²) in [6.45, 7) is 1.97. The lowest BCUT2D eigenvalue weighted by atomic mass is 10.0. The molecule has 0 saturated heterocycles. The lowest BCUT2D eigenvalue weighted by Gasteiger charge is -2.15. The number of oxazole rings is 1. The zero-order valence-corrected chi connectivity index (χ0v) is 15.8. The second-order valence-corrected chi connectivity index (χ2v) is 6.47. The van der Waals surface area contributed by atoms with Crippen LogP contribution in [0.2, 0.25) is 0 Å². The monoisotopic (exact) mass is 378 g/mol. The van der Waals surface area contributed by atoms with Crippen LogP contribution in [0.5, 0.6) is 0 Å². The Morgan fingerprint density at radius 3 is 2.57 bits per heavy atom. The van der Waals surface area contributed by atoms with Gasteiger partial charge in [0.2, 0.25) is 0 Å². The SMILES string of the molecule is COC(=O)c1ncoc1-c1ccccc1C(=O)N[C@H](C)CCc1ccccc1. The number of hydrogen-bond donors (Lipinski definition) is 1. The van der Waals surface area contributed by atoms with E-state index in [0.717, 1.165) is 12.8 Å². The van der Waals surface area contributed by atoms with E-state index in [4.69, 9.17) is 9.15 Å². The highest BCUT2D eigenvalue weighted by molar-refractivity contribution is 6.03. The molecule has 0 saturated carbocycles. The van der Waals surface area contributed by atoms with Crippen molar-refractivity contribution in [1.82, 2.24) is 10.3 Å². The van der Waals surface area contributed by atoms with Gasteiger partial charge in [-0.05, 0) is 31.4 Å². The number of carbonyl (C=O) groups excluding carboxylic acids is 2. The molecule has 3 rings (SSSR count). The van der Waals surface area contributed by atoms with Crippen LogP contribution in [0.15, 0.2) is 65.4 Å². The summed E-state index contributed by atoms with van der Waals surface area (Å²) in [6.07, 6.45) is 2.85. The molecule has 0 radical (unpaired) electrons. The molecule has 0 aliphatic heterocycles. The fourth-order valence-electron chi connectivity index (χ4n) is 2.96. The minimum absolute atomic E-state index is 0.0180. The van der Waals surface area contributed by atoms with Gasteiger partial charge in [-0.2, -0.15) is 0 Å². The zero-order valence-electron chi connectivity index (χ0n) is 15.8. The summed E-state index contributed by atoms with van der Waals surface area (Å²) >= 11 is 0. The van der Waals surface area contributed by atoms with Crippen molar-refractivity contribution in [3.8, 4) is 11.3 Å². The molecule has 2 aromatic carbocycles. The molecule has 0 fully saturated rings. The predicted octanol–water partition coefficient (Wildman–Crippen LogP) is 3.88. The summed E-state index contributed by atoms with van der Waals surface area (Å²) < 4.78 is 10.1. The average molecular weight is 378 g/mol. The van der Waals surface area contributed by atoms with Crippen molar-refractivity contribution in [3.05, 3.63) is 77.8 Å². The van der Waals surface area contributed by atoms with E-state index in [1.54, 1.807) is 24.3 Å². The van der Waals surface area contributed by atoms with E-state index in [1.165, 1.54) is 19.1 Å². The van der Waals surface area contributed by atoms with E-state index < -0.39 is 5.97 Å². The van der Waals surface area contributed by atoms with Gasteiger partial charge in [-0.25, -0.2) is 9.78 Å². The third-order valence-corrected chi connectivity index (χ3v) is 4.45. The van der Waals surface area contributed by atoms with E-state index in [1.807, 2.05) is 25.1 Å². The first-order valence-corrected chi connectivity index (χ1v) is 9.06. The summed E-state index contributed by atoms with van der Waals surface area (Å²) in [5.41, 5.74) is 2.18. The second-order valence-electron chi connectivity index (χ2n) is 6.47. The van der Waals surface area contributed by atoms with Crippen LogP contribution >= 0.6 is 0 Å². The van der Waals surface area contributed by atoms with Crippen LogP contribution in [0.1, 0.15) is 39.8 Å². The maximum absolute atomic E-state index is 12.8. The molecule has 3 aromatic rings. The van der Waals surface area contributed by atoms with Gasteiger partial charge in [0.15, 0.2) is 17.8 Å². The summed E-state index contributed by atoms with van der Waals surface area (Å²) in [5, 5.41) is 3.01. The van der Waals surface area contributed by atoms with Crippen molar-refractivity contribution in [2.45, 2.75) is 25.8 Å². The van der Waals surface area contributed by atoms with Gasteiger partial charge in [-0.15, -0.1) is 0 Å². The second kappa shape index (κ2) is 8.99. The molecule has 1 atom stereocenters. The Morgan fingerprint density at radius 1 is 1.11 bits per heavy atom. The Balaban J connectivity index is 1.74. The normalized spacial score (nSPS) is 11.6. The summed E-state index contributed by atoms with van der Waals surface area (Å²) in [4.78, 5) is 28.7. The molecule has 0 bridgehead atoms. The van der Waals surface area contributed by atoms with Gasteiger partial charge in [0, 0.05) is 11.6 Å². The summed E-state index contributed by atoms with van der Waals surface area (Å²) in [5.74, 6) is -0.631. The molecule has 0 aliphatic rings. The average Bonchev–Trinajstić information content (AvgIpc) is 3.22. The number of nitrogens with zero attached hydrogens (tertiary/aromatic N) is 1. The molecule has 1 heterocycles. The molecule has 6 heteroatoms. The standard InChI is InChI=1S/C22H22N2O4/c1-15(12-13-16-8-4-3-5-9-16)24-21(25)18-11-7-6-10-17(18)20-19(22(26)27-2)23-14-28-20/h3-11,14-15H,12-13H2,1-2H3,(H,24,25)/t15-/m1/s1. The fraction of sp³-hybridized carbons (Fsp3) is 0.227. The Bertz CT molecular complexity index is 950. The smallest absolute Gasteiger partial charge is 0.360 e. The molecule has 144 valence electrons. The zero-order chi connectivity index (χ0) is 19.9. The third-order valence-electron chi connectivity index (χ3n) is 4.45. The molecule has 0 spiro atoms. The van der Waals surface area contributed by atoms with Crippen LogP contribution in [-0.4, -0.2) is 30.0 Å². The minimum atomic E-state index is -0.616. The first-order valence-electron chi connectivity index (χ1n) is 9.06. The Labute approximate surface area is 163 Å². The highest BCUT2D eigenvalue weighted by atomic mass is 16.5. The Morgan fingerprint density at radius 2 is 1.82 bits per heavy atom. The highest BCUT2D eigenvalue weighted by Gasteiger charge is 2.23. The molecule has 1 N–H and O–H groups in total. The molecular formula is C22H22N2O4. The van der Waals surface area contributed by atoms with Crippen LogP contribution in [0.25, 0.3) is 11.3 Å². The van der Waals surface area contributed by atoms with Crippen molar-refractivity contribution in [2.24, 2.45) is 0 Å². The number of amides is 1. The number of aryl methyl sites for hydroxylation is 1. The topological polar surface area (TPSA) is 81.4 Å². The van der Waals surface area contributed by atoms with Gasteiger partial charge in [0.1, 0.15) is 0 Å². The van der Waals surface area contributed by atoms with Gasteiger partial charge in [0.25, 0.3) is 5.91 Å². The maximum Gasteiger partial charge on any atom is 0.360 e. The molecule has 28 heavy (non-hydrogen) atoms. The van der Waals surface area contributed by atoms with Crippen molar-refractivity contribution >= 4 is 11.9 Å². The lowest BCUT2D eigenvalue weighted by molar-refractivity contribution is 0.0595. The molecule has 6 nitrogen and oxygen atoms in total. The number of nitrogens with one attached hydrogen (secondary N) is 1.